The molecule has 0 radical (unpaired) electrons. The Labute approximate surface area is 172 Å². The van der Waals surface area contributed by atoms with Gasteiger partial charge < -0.3 is 19.7 Å². The molecule has 0 unspecified atom stereocenters. The zero-order chi connectivity index (χ0) is 20.4. The summed E-state index contributed by atoms with van der Waals surface area (Å²) in [6.07, 6.45) is 3.79. The summed E-state index contributed by atoms with van der Waals surface area (Å²) in [7, 11) is 0. The molecule has 5 nitrogen and oxygen atoms in total. The number of esters is 1. The minimum atomic E-state index is -0.543. The number of aliphatic hydroxyl groups excluding tert-OH is 2. The van der Waals surface area contributed by atoms with Gasteiger partial charge in [-0.1, -0.05) is 25.5 Å². The van der Waals surface area contributed by atoms with E-state index >= 15 is 0 Å². The number of rotatable bonds is 0. The molecule has 158 valence electrons. The van der Waals surface area contributed by atoms with Crippen molar-refractivity contribution in [2.24, 2.45) is 47.3 Å². The molecule has 0 aromatic carbocycles. The molecule has 2 saturated carbocycles. The third kappa shape index (κ3) is 2.11. The maximum absolute atomic E-state index is 13.2. The van der Waals surface area contributed by atoms with Crippen molar-refractivity contribution in [2.45, 2.75) is 70.9 Å². The number of aliphatic hydroxyl groups is 2. The van der Waals surface area contributed by atoms with Crippen LogP contribution in [-0.2, 0) is 14.3 Å². The van der Waals surface area contributed by atoms with E-state index < -0.39 is 12.2 Å². The SMILES string of the molecule is CC1=C[C@@H]2[C@H](O)[C@@H](C)[C@H](O)[C@H]2[C@@H]2[C@H]3C4=C5O[C@](C)(CC[C@@H](OC4=O)[C@@H]5C)[C@H]3C[C@H]12. The van der Waals surface area contributed by atoms with Crippen LogP contribution in [0.15, 0.2) is 23.0 Å². The van der Waals surface area contributed by atoms with Gasteiger partial charge in [-0.15, -0.1) is 0 Å². The van der Waals surface area contributed by atoms with Crippen LogP contribution in [0.3, 0.4) is 0 Å². The molecule has 3 heterocycles. The molecular formula is C24H32O5. The Morgan fingerprint density at radius 1 is 1.17 bits per heavy atom. The van der Waals surface area contributed by atoms with Gasteiger partial charge in [0.25, 0.3) is 0 Å². The Kier molecular flexibility index (Phi) is 3.61. The topological polar surface area (TPSA) is 76.0 Å². The molecule has 29 heavy (non-hydrogen) atoms. The van der Waals surface area contributed by atoms with Crippen LogP contribution in [0.4, 0.5) is 0 Å². The monoisotopic (exact) mass is 400 g/mol. The van der Waals surface area contributed by atoms with E-state index in [0.717, 1.165) is 30.6 Å². The molecule has 0 amide bonds. The lowest BCUT2D eigenvalue weighted by Crippen LogP contribution is -2.49. The van der Waals surface area contributed by atoms with Crippen LogP contribution in [0.2, 0.25) is 0 Å². The van der Waals surface area contributed by atoms with Crippen molar-refractivity contribution in [2.75, 3.05) is 0 Å². The lowest BCUT2D eigenvalue weighted by atomic mass is 9.63. The predicted molar refractivity (Wildman–Crippen MR) is 105 cm³/mol. The fourth-order valence-corrected chi connectivity index (χ4v) is 8.16. The van der Waals surface area contributed by atoms with Crippen LogP contribution in [0.25, 0.3) is 0 Å². The molecule has 0 aromatic heterocycles. The first-order valence-electron chi connectivity index (χ1n) is 11.4. The summed E-state index contributed by atoms with van der Waals surface area (Å²) in [5.41, 5.74) is 1.77. The highest BCUT2D eigenvalue weighted by molar-refractivity contribution is 5.91. The average Bonchev–Trinajstić information content (AvgIpc) is 3.16. The van der Waals surface area contributed by atoms with Gasteiger partial charge in [-0.2, -0.15) is 0 Å². The number of hydrogen-bond acceptors (Lipinski definition) is 5. The summed E-state index contributed by atoms with van der Waals surface area (Å²) < 4.78 is 12.6. The van der Waals surface area contributed by atoms with Crippen LogP contribution < -0.4 is 0 Å². The van der Waals surface area contributed by atoms with Gasteiger partial charge in [-0.05, 0) is 50.9 Å². The second-order valence-electron chi connectivity index (χ2n) is 10.9. The molecule has 0 aromatic rings. The molecule has 3 aliphatic carbocycles. The molecule has 0 spiro atoms. The van der Waals surface area contributed by atoms with Crippen molar-refractivity contribution in [3.05, 3.63) is 23.0 Å². The van der Waals surface area contributed by atoms with E-state index in [0.29, 0.717) is 5.92 Å². The summed E-state index contributed by atoms with van der Waals surface area (Å²) in [5.74, 6) is 1.34. The number of fused-ring (bicyclic) bond motifs is 9. The third-order valence-electron chi connectivity index (χ3n) is 9.72. The zero-order valence-corrected chi connectivity index (χ0v) is 17.7. The quantitative estimate of drug-likeness (QED) is 0.483. The highest BCUT2D eigenvalue weighted by Gasteiger charge is 2.66. The number of ether oxygens (including phenoxy) is 2. The Hall–Kier alpha value is -1.33. The van der Waals surface area contributed by atoms with E-state index in [2.05, 4.69) is 26.8 Å². The number of allylic oxidation sites excluding steroid dienone is 1. The number of carbonyl (C=O) groups excluding carboxylic acids is 1. The Morgan fingerprint density at radius 2 is 1.93 bits per heavy atom. The molecule has 3 aliphatic heterocycles. The summed E-state index contributed by atoms with van der Waals surface area (Å²) in [6.45, 7) is 8.47. The van der Waals surface area contributed by atoms with Crippen LogP contribution in [0.1, 0.15) is 47.0 Å². The van der Waals surface area contributed by atoms with Gasteiger partial charge in [0.1, 0.15) is 17.5 Å². The molecule has 6 aliphatic rings. The van der Waals surface area contributed by atoms with Gasteiger partial charge in [0.05, 0.1) is 23.7 Å². The molecule has 5 heteroatoms. The first kappa shape index (κ1) is 18.4. The molecular weight excluding hydrogens is 368 g/mol. The molecule has 12 atom stereocenters. The maximum Gasteiger partial charge on any atom is 0.338 e. The van der Waals surface area contributed by atoms with E-state index in [-0.39, 0.29) is 59.1 Å². The standard InChI is InChI=1S/C24H32O5/c1-9-7-13-17(21(26)11(3)20(13)25)16-12(9)8-14-18(16)19-22-10(2)15(28-23(19)27)5-6-24(14,4)29-22/h7,10-18,20-21,25-26H,5-6,8H2,1-4H3/t10-,11+,12+,13-,14-,15+,16+,17+,18-,20+,21-,24+/m0/s1. The van der Waals surface area contributed by atoms with E-state index in [1.807, 2.05) is 6.92 Å². The smallest absolute Gasteiger partial charge is 0.338 e. The fourth-order valence-electron chi connectivity index (χ4n) is 8.16. The van der Waals surface area contributed by atoms with Crippen molar-refractivity contribution < 1.29 is 24.5 Å². The summed E-state index contributed by atoms with van der Waals surface area (Å²) in [5, 5.41) is 22.0. The zero-order valence-electron chi connectivity index (χ0n) is 17.7. The highest BCUT2D eigenvalue weighted by Crippen LogP contribution is 2.66. The van der Waals surface area contributed by atoms with Crippen molar-refractivity contribution >= 4 is 5.97 Å². The van der Waals surface area contributed by atoms with E-state index in [9.17, 15) is 15.0 Å². The summed E-state index contributed by atoms with van der Waals surface area (Å²) in [6, 6.07) is 0. The van der Waals surface area contributed by atoms with Crippen LogP contribution >= 0.6 is 0 Å². The van der Waals surface area contributed by atoms with Gasteiger partial charge in [-0.3, -0.25) is 0 Å². The molecule has 6 rings (SSSR count). The first-order valence-corrected chi connectivity index (χ1v) is 11.4. The molecule has 3 fully saturated rings. The summed E-state index contributed by atoms with van der Waals surface area (Å²) >= 11 is 0. The molecule has 1 saturated heterocycles. The third-order valence-corrected chi connectivity index (χ3v) is 9.72. The number of hydrogen-bond donors (Lipinski definition) is 2. The van der Waals surface area contributed by atoms with Gasteiger partial charge in [0.2, 0.25) is 0 Å². The van der Waals surface area contributed by atoms with Gasteiger partial charge >= 0.3 is 5.97 Å². The Bertz CT molecular complexity index is 844. The molecule has 3 bridgehead atoms. The highest BCUT2D eigenvalue weighted by atomic mass is 16.6. The van der Waals surface area contributed by atoms with Crippen molar-refractivity contribution in [3.8, 4) is 0 Å². The predicted octanol–water partition coefficient (Wildman–Crippen LogP) is 2.82. The lowest BCUT2D eigenvalue weighted by Gasteiger charge is -2.48. The lowest BCUT2D eigenvalue weighted by molar-refractivity contribution is -0.154. The molecule has 2 N–H and O–H groups in total. The van der Waals surface area contributed by atoms with Crippen molar-refractivity contribution in [3.63, 3.8) is 0 Å². The largest absolute Gasteiger partial charge is 0.491 e. The minimum Gasteiger partial charge on any atom is -0.491 e. The van der Waals surface area contributed by atoms with E-state index in [1.165, 1.54) is 5.57 Å². The Balaban J connectivity index is 1.55. The van der Waals surface area contributed by atoms with Gasteiger partial charge in [0.15, 0.2) is 0 Å². The fraction of sp³-hybridized carbons (Fsp3) is 0.792. The van der Waals surface area contributed by atoms with Gasteiger partial charge in [-0.25, -0.2) is 4.79 Å². The van der Waals surface area contributed by atoms with E-state index in [4.69, 9.17) is 9.47 Å². The Morgan fingerprint density at radius 3 is 2.69 bits per heavy atom. The van der Waals surface area contributed by atoms with Crippen molar-refractivity contribution in [1.29, 1.82) is 0 Å². The van der Waals surface area contributed by atoms with Gasteiger partial charge in [0, 0.05) is 23.7 Å². The van der Waals surface area contributed by atoms with Crippen LogP contribution in [0, 0.1) is 47.3 Å². The second-order valence-corrected chi connectivity index (χ2v) is 10.9. The second kappa shape index (κ2) is 5.67. The summed E-state index contributed by atoms with van der Waals surface area (Å²) in [4.78, 5) is 13.2. The van der Waals surface area contributed by atoms with Crippen LogP contribution in [0.5, 0.6) is 0 Å². The number of carbonyl (C=O) groups is 1. The normalized spacial score (nSPS) is 57.4. The van der Waals surface area contributed by atoms with Crippen molar-refractivity contribution in [1.82, 2.24) is 0 Å². The minimum absolute atomic E-state index is 0.0126. The van der Waals surface area contributed by atoms with E-state index in [1.54, 1.807) is 0 Å². The van der Waals surface area contributed by atoms with Crippen LogP contribution in [-0.4, -0.2) is 40.1 Å². The average molecular weight is 401 g/mol. The first-order chi connectivity index (χ1) is 13.7. The maximum atomic E-state index is 13.2.